The summed E-state index contributed by atoms with van der Waals surface area (Å²) in [6, 6.07) is 19.5. The van der Waals surface area contributed by atoms with Gasteiger partial charge in [-0.15, -0.1) is 0 Å². The Morgan fingerprint density at radius 2 is 1.77 bits per heavy atom. The average molecular weight is 415 g/mol. The van der Waals surface area contributed by atoms with Crippen molar-refractivity contribution in [1.29, 1.82) is 0 Å². The molecule has 2 aromatic heterocycles. The van der Waals surface area contributed by atoms with Gasteiger partial charge in [0.05, 0.1) is 43.1 Å². The zero-order valence-electron chi connectivity index (χ0n) is 17.2. The van der Waals surface area contributed by atoms with Crippen LogP contribution in [0.25, 0.3) is 32.7 Å². The van der Waals surface area contributed by atoms with E-state index in [2.05, 4.69) is 4.57 Å². The van der Waals surface area contributed by atoms with Crippen LogP contribution in [0.15, 0.2) is 71.8 Å². The van der Waals surface area contributed by atoms with E-state index >= 15 is 0 Å². The second kappa shape index (κ2) is 7.87. The second-order valence-electron chi connectivity index (χ2n) is 7.59. The summed E-state index contributed by atoms with van der Waals surface area (Å²) in [7, 11) is 1.63. The van der Waals surface area contributed by atoms with Crippen LogP contribution in [0.5, 0.6) is 5.75 Å². The van der Waals surface area contributed by atoms with Gasteiger partial charge in [0.2, 0.25) is 0 Å². The molecule has 0 saturated carbocycles. The highest BCUT2D eigenvalue weighted by Gasteiger charge is 2.16. The maximum atomic E-state index is 13.3. The topological polar surface area (TPSA) is 49.0 Å². The molecule has 0 fully saturated rings. The molecule has 0 aliphatic carbocycles. The smallest absolute Gasteiger partial charge is 0.261 e. The van der Waals surface area contributed by atoms with E-state index in [9.17, 15) is 9.18 Å². The van der Waals surface area contributed by atoms with Crippen molar-refractivity contribution in [3.63, 3.8) is 0 Å². The van der Waals surface area contributed by atoms with Gasteiger partial charge in [0.25, 0.3) is 5.56 Å². The van der Waals surface area contributed by atoms with Crippen molar-refractivity contribution in [2.75, 3.05) is 13.8 Å². The van der Waals surface area contributed by atoms with E-state index in [-0.39, 0.29) is 12.2 Å². The van der Waals surface area contributed by atoms with E-state index in [4.69, 9.17) is 9.72 Å². The van der Waals surface area contributed by atoms with Crippen LogP contribution in [-0.2, 0) is 13.1 Å². The fourth-order valence-corrected chi connectivity index (χ4v) is 4.26. The first-order chi connectivity index (χ1) is 15.2. The molecule has 0 N–H and O–H groups in total. The van der Waals surface area contributed by atoms with Crippen LogP contribution < -0.4 is 10.3 Å². The van der Waals surface area contributed by atoms with Crippen LogP contribution in [0, 0.1) is 0 Å². The standard InChI is InChI=1S/C25H22FN3O2/c1-31-18-9-7-17(8-10-18)15-28-16-27-24-20(25(28)30)11-12-22-23(24)19-5-2-3-6-21(19)29(22)14-4-13-26/h2-3,5-12,16H,4,13-15H2,1H3. The molecule has 0 amide bonds. The lowest BCUT2D eigenvalue weighted by Crippen LogP contribution is -2.21. The predicted molar refractivity (Wildman–Crippen MR) is 122 cm³/mol. The molecule has 0 radical (unpaired) electrons. The molecule has 31 heavy (non-hydrogen) atoms. The third-order valence-electron chi connectivity index (χ3n) is 5.76. The maximum Gasteiger partial charge on any atom is 0.261 e. The number of methoxy groups -OCH3 is 1. The normalized spacial score (nSPS) is 11.5. The summed E-state index contributed by atoms with van der Waals surface area (Å²) in [4.78, 5) is 18.0. The van der Waals surface area contributed by atoms with Gasteiger partial charge >= 0.3 is 0 Å². The van der Waals surface area contributed by atoms with Crippen LogP contribution in [0.2, 0.25) is 0 Å². The molecule has 6 heteroatoms. The lowest BCUT2D eigenvalue weighted by molar-refractivity contribution is 0.414. The van der Waals surface area contributed by atoms with Crippen molar-refractivity contribution in [2.24, 2.45) is 0 Å². The third kappa shape index (κ3) is 3.24. The Labute approximate surface area is 178 Å². The van der Waals surface area contributed by atoms with E-state index < -0.39 is 0 Å². The molecule has 0 aliphatic heterocycles. The van der Waals surface area contributed by atoms with Crippen molar-refractivity contribution >= 4 is 32.7 Å². The van der Waals surface area contributed by atoms with E-state index in [1.807, 2.05) is 60.7 Å². The number of ether oxygens (including phenoxy) is 1. The van der Waals surface area contributed by atoms with E-state index in [0.29, 0.717) is 30.4 Å². The number of para-hydroxylation sites is 1. The summed E-state index contributed by atoms with van der Waals surface area (Å²) in [5, 5.41) is 2.55. The van der Waals surface area contributed by atoms with Crippen molar-refractivity contribution in [1.82, 2.24) is 14.1 Å². The lowest BCUT2D eigenvalue weighted by atomic mass is 10.1. The summed E-state index contributed by atoms with van der Waals surface area (Å²) in [6.07, 6.45) is 2.06. The van der Waals surface area contributed by atoms with E-state index in [1.165, 1.54) is 0 Å². The Morgan fingerprint density at radius 1 is 0.968 bits per heavy atom. The van der Waals surface area contributed by atoms with Crippen molar-refractivity contribution in [2.45, 2.75) is 19.5 Å². The molecule has 0 spiro atoms. The summed E-state index contributed by atoms with van der Waals surface area (Å²) in [5.41, 5.74) is 3.60. The molecule has 0 saturated heterocycles. The number of benzene rings is 3. The number of halogens is 1. The van der Waals surface area contributed by atoms with Crippen molar-refractivity contribution in [3.05, 3.63) is 82.9 Å². The van der Waals surface area contributed by atoms with Gasteiger partial charge in [-0.25, -0.2) is 4.98 Å². The van der Waals surface area contributed by atoms with Gasteiger partial charge < -0.3 is 9.30 Å². The Morgan fingerprint density at radius 3 is 2.55 bits per heavy atom. The summed E-state index contributed by atoms with van der Waals surface area (Å²) >= 11 is 0. The Kier molecular flexibility index (Phi) is 4.90. The number of nitrogens with zero attached hydrogens (tertiary/aromatic N) is 3. The van der Waals surface area contributed by atoms with Crippen LogP contribution in [0.1, 0.15) is 12.0 Å². The number of aryl methyl sites for hydroxylation is 1. The number of alkyl halides is 1. The van der Waals surface area contributed by atoms with Crippen LogP contribution in [-0.4, -0.2) is 27.9 Å². The highest BCUT2D eigenvalue weighted by molar-refractivity contribution is 6.19. The molecule has 5 aromatic rings. The molecule has 3 aromatic carbocycles. The fraction of sp³-hybridized carbons (Fsp3) is 0.200. The van der Waals surface area contributed by atoms with Crippen LogP contribution in [0.4, 0.5) is 4.39 Å². The number of rotatable bonds is 6. The van der Waals surface area contributed by atoms with Crippen molar-refractivity contribution in [3.8, 4) is 5.75 Å². The van der Waals surface area contributed by atoms with Gasteiger partial charge in [0, 0.05) is 22.8 Å². The molecule has 0 atom stereocenters. The highest BCUT2D eigenvalue weighted by Crippen LogP contribution is 2.33. The summed E-state index contributed by atoms with van der Waals surface area (Å²) in [6.45, 7) is 0.651. The highest BCUT2D eigenvalue weighted by atomic mass is 19.1. The SMILES string of the molecule is COc1ccc(Cn2cnc3c(ccc4c3c3ccccc3n4CCCF)c2=O)cc1. The summed E-state index contributed by atoms with van der Waals surface area (Å²) < 4.78 is 21.8. The summed E-state index contributed by atoms with van der Waals surface area (Å²) in [5.74, 6) is 0.777. The minimum atomic E-state index is -0.365. The fourth-order valence-electron chi connectivity index (χ4n) is 4.26. The molecule has 0 unspecified atom stereocenters. The van der Waals surface area contributed by atoms with E-state index in [0.717, 1.165) is 33.1 Å². The van der Waals surface area contributed by atoms with E-state index in [1.54, 1.807) is 18.0 Å². The van der Waals surface area contributed by atoms with Gasteiger partial charge in [-0.2, -0.15) is 0 Å². The second-order valence-corrected chi connectivity index (χ2v) is 7.59. The van der Waals surface area contributed by atoms with Gasteiger partial charge in [-0.1, -0.05) is 30.3 Å². The lowest BCUT2D eigenvalue weighted by Gasteiger charge is -2.09. The molecule has 156 valence electrons. The first-order valence-electron chi connectivity index (χ1n) is 10.3. The number of aromatic nitrogens is 3. The number of hydrogen-bond acceptors (Lipinski definition) is 3. The number of fused-ring (bicyclic) bond motifs is 5. The van der Waals surface area contributed by atoms with Gasteiger partial charge in [0.15, 0.2) is 0 Å². The van der Waals surface area contributed by atoms with Gasteiger partial charge in [-0.3, -0.25) is 13.8 Å². The monoisotopic (exact) mass is 415 g/mol. The first kappa shape index (κ1) is 19.3. The minimum absolute atomic E-state index is 0.0803. The third-order valence-corrected chi connectivity index (χ3v) is 5.76. The molecular weight excluding hydrogens is 393 g/mol. The molecule has 5 rings (SSSR count). The largest absolute Gasteiger partial charge is 0.497 e. The average Bonchev–Trinajstić information content (AvgIpc) is 3.14. The molecular formula is C25H22FN3O2. The van der Waals surface area contributed by atoms with Gasteiger partial charge in [-0.05, 0) is 42.3 Å². The first-order valence-corrected chi connectivity index (χ1v) is 10.3. The zero-order valence-corrected chi connectivity index (χ0v) is 17.2. The van der Waals surface area contributed by atoms with Crippen LogP contribution >= 0.6 is 0 Å². The Hall–Kier alpha value is -3.67. The Bertz CT molecular complexity index is 1450. The molecule has 2 heterocycles. The minimum Gasteiger partial charge on any atom is -0.497 e. The van der Waals surface area contributed by atoms with Crippen LogP contribution in [0.3, 0.4) is 0 Å². The van der Waals surface area contributed by atoms with Crippen molar-refractivity contribution < 1.29 is 9.13 Å². The predicted octanol–water partition coefficient (Wildman–Crippen LogP) is 4.92. The molecule has 5 nitrogen and oxygen atoms in total. The maximum absolute atomic E-state index is 13.3. The van der Waals surface area contributed by atoms with Gasteiger partial charge in [0.1, 0.15) is 5.75 Å². The zero-order chi connectivity index (χ0) is 21.4. The molecule has 0 aliphatic rings. The molecule has 0 bridgehead atoms. The Balaban J connectivity index is 1.67. The number of hydrogen-bond donors (Lipinski definition) is 0. The quantitative estimate of drug-likeness (QED) is 0.395.